The van der Waals surface area contributed by atoms with Crippen LogP contribution in [0.15, 0.2) is 0 Å². The van der Waals surface area contributed by atoms with Crippen LogP contribution in [-0.4, -0.2) is 45.9 Å². The number of nitrogens with zero attached hydrogens (tertiary/aromatic N) is 2. The first-order valence-electron chi connectivity index (χ1n) is 8.52. The molecule has 0 aromatic heterocycles. The Balaban J connectivity index is 1.94. The quantitative estimate of drug-likeness (QED) is 0.440. The van der Waals surface area contributed by atoms with Gasteiger partial charge in [-0.05, 0) is 39.5 Å². The topological polar surface area (TPSA) is 64.7 Å². The van der Waals surface area contributed by atoms with E-state index in [4.69, 9.17) is 24.4 Å². The largest absolute Gasteiger partial charge is 0.281 e. The van der Waals surface area contributed by atoms with Crippen molar-refractivity contribution >= 4 is 46.2 Å². The molecule has 2 rings (SSSR count). The Hall–Kier alpha value is -1.28. The van der Waals surface area contributed by atoms with E-state index in [2.05, 4.69) is 24.7 Å². The predicted octanol–water partition coefficient (Wildman–Crippen LogP) is 2.19. The monoisotopic (exact) mass is 384 g/mol. The SMILES string of the molecule is CN(NC(=O)C(C)(C)C(=O)NN(C)C(=S)C1(C)CC1)C(=S)C1(C)CC1. The fourth-order valence-corrected chi connectivity index (χ4v) is 2.90. The number of hydrazine groups is 2. The molecule has 2 aliphatic carbocycles. The van der Waals surface area contributed by atoms with E-state index >= 15 is 0 Å². The highest BCUT2D eigenvalue weighted by Crippen LogP contribution is 2.47. The minimum absolute atomic E-state index is 0.0180. The van der Waals surface area contributed by atoms with Gasteiger partial charge in [0.1, 0.15) is 15.4 Å². The van der Waals surface area contributed by atoms with Gasteiger partial charge < -0.3 is 0 Å². The molecule has 140 valence electrons. The Morgan fingerprint density at radius 1 is 0.840 bits per heavy atom. The molecular weight excluding hydrogens is 356 g/mol. The van der Waals surface area contributed by atoms with Crippen molar-refractivity contribution in [1.29, 1.82) is 0 Å². The highest BCUT2D eigenvalue weighted by Gasteiger charge is 2.46. The number of hydrogen-bond donors (Lipinski definition) is 2. The fraction of sp³-hybridized carbons (Fsp3) is 0.765. The van der Waals surface area contributed by atoms with Crippen molar-refractivity contribution in [3.05, 3.63) is 0 Å². The van der Waals surface area contributed by atoms with Gasteiger partial charge in [-0.1, -0.05) is 38.3 Å². The summed E-state index contributed by atoms with van der Waals surface area (Å²) in [4.78, 5) is 26.6. The van der Waals surface area contributed by atoms with Gasteiger partial charge in [0, 0.05) is 24.9 Å². The van der Waals surface area contributed by atoms with Crippen LogP contribution >= 0.6 is 24.4 Å². The average Bonchev–Trinajstić information content (AvgIpc) is 3.45. The van der Waals surface area contributed by atoms with Crippen molar-refractivity contribution in [1.82, 2.24) is 20.9 Å². The summed E-state index contributed by atoms with van der Waals surface area (Å²) in [7, 11) is 3.43. The second kappa shape index (κ2) is 6.46. The Kier molecular flexibility index (Phi) is 5.18. The number of amides is 2. The van der Waals surface area contributed by atoms with E-state index in [0.29, 0.717) is 9.98 Å². The summed E-state index contributed by atoms with van der Waals surface area (Å²) in [6.07, 6.45) is 4.10. The second-order valence-electron chi connectivity index (χ2n) is 8.36. The molecule has 2 aliphatic rings. The molecule has 0 saturated heterocycles. The first-order chi connectivity index (χ1) is 11.3. The van der Waals surface area contributed by atoms with Crippen molar-refractivity contribution in [2.24, 2.45) is 16.2 Å². The lowest BCUT2D eigenvalue weighted by Gasteiger charge is -2.32. The van der Waals surface area contributed by atoms with Gasteiger partial charge in [-0.15, -0.1) is 0 Å². The number of nitrogens with one attached hydrogen (secondary N) is 2. The lowest BCUT2D eigenvalue weighted by molar-refractivity contribution is -0.144. The first-order valence-corrected chi connectivity index (χ1v) is 9.34. The summed E-state index contributed by atoms with van der Waals surface area (Å²) in [5.41, 5.74) is 4.17. The molecule has 25 heavy (non-hydrogen) atoms. The molecule has 0 radical (unpaired) electrons. The van der Waals surface area contributed by atoms with Gasteiger partial charge in [0.2, 0.25) is 0 Å². The molecule has 2 amide bonds. The maximum atomic E-state index is 12.6. The summed E-state index contributed by atoms with van der Waals surface area (Å²) < 4.78 is 0. The molecule has 8 heteroatoms. The molecule has 6 nitrogen and oxygen atoms in total. The fourth-order valence-electron chi connectivity index (χ4n) is 2.40. The molecule has 0 aliphatic heterocycles. The Morgan fingerprint density at radius 2 is 1.12 bits per heavy atom. The molecule has 0 atom stereocenters. The van der Waals surface area contributed by atoms with Gasteiger partial charge in [-0.25, -0.2) is 0 Å². The average molecular weight is 385 g/mol. The third-order valence-electron chi connectivity index (χ3n) is 5.32. The van der Waals surface area contributed by atoms with Crippen LogP contribution in [0.4, 0.5) is 0 Å². The van der Waals surface area contributed by atoms with Crippen LogP contribution < -0.4 is 10.9 Å². The minimum atomic E-state index is -1.26. The van der Waals surface area contributed by atoms with Gasteiger partial charge in [-0.3, -0.25) is 30.5 Å². The van der Waals surface area contributed by atoms with Gasteiger partial charge >= 0.3 is 0 Å². The van der Waals surface area contributed by atoms with Crippen LogP contribution in [-0.2, 0) is 9.59 Å². The molecule has 0 heterocycles. The van der Waals surface area contributed by atoms with E-state index in [1.165, 1.54) is 0 Å². The molecule has 2 N–H and O–H groups in total. The van der Waals surface area contributed by atoms with E-state index in [0.717, 1.165) is 25.7 Å². The van der Waals surface area contributed by atoms with Crippen LogP contribution in [0.2, 0.25) is 0 Å². The van der Waals surface area contributed by atoms with Crippen LogP contribution in [0, 0.1) is 16.2 Å². The summed E-state index contributed by atoms with van der Waals surface area (Å²) in [5, 5.41) is 3.11. The lowest BCUT2D eigenvalue weighted by atomic mass is 9.91. The zero-order chi connectivity index (χ0) is 19.2. The molecule has 0 aromatic carbocycles. The summed E-state index contributed by atoms with van der Waals surface area (Å²) in [5.74, 6) is -0.813. The van der Waals surface area contributed by atoms with Gasteiger partial charge in [-0.2, -0.15) is 0 Å². The van der Waals surface area contributed by atoms with Crippen LogP contribution in [0.3, 0.4) is 0 Å². The highest BCUT2D eigenvalue weighted by molar-refractivity contribution is 7.80. The third-order valence-corrected chi connectivity index (χ3v) is 6.85. The van der Waals surface area contributed by atoms with Crippen LogP contribution in [0.5, 0.6) is 0 Å². The zero-order valence-electron chi connectivity index (χ0n) is 15.9. The van der Waals surface area contributed by atoms with E-state index in [1.54, 1.807) is 38.0 Å². The first kappa shape index (κ1) is 20.0. The number of rotatable bonds is 4. The molecule has 2 saturated carbocycles. The molecule has 0 unspecified atom stereocenters. The number of thiocarbonyl (C=S) groups is 2. The third kappa shape index (κ3) is 4.11. The summed E-state index contributed by atoms with van der Waals surface area (Å²) in [6.45, 7) is 7.32. The van der Waals surface area contributed by atoms with Crippen molar-refractivity contribution < 1.29 is 9.59 Å². The van der Waals surface area contributed by atoms with E-state index in [1.807, 2.05) is 0 Å². The van der Waals surface area contributed by atoms with E-state index in [-0.39, 0.29) is 10.8 Å². The highest BCUT2D eigenvalue weighted by atomic mass is 32.1. The summed E-state index contributed by atoms with van der Waals surface area (Å²) >= 11 is 10.8. The molecule has 0 bridgehead atoms. The Labute approximate surface area is 160 Å². The minimum Gasteiger partial charge on any atom is -0.281 e. The zero-order valence-corrected chi connectivity index (χ0v) is 17.5. The van der Waals surface area contributed by atoms with Gasteiger partial charge in [0.15, 0.2) is 0 Å². The molecular formula is C17H28N4O2S2. The van der Waals surface area contributed by atoms with Crippen molar-refractivity contribution in [3.8, 4) is 0 Å². The maximum Gasteiger partial charge on any atom is 0.253 e. The van der Waals surface area contributed by atoms with E-state index in [9.17, 15) is 9.59 Å². The molecule has 0 aromatic rings. The summed E-state index contributed by atoms with van der Waals surface area (Å²) in [6, 6.07) is 0. The second-order valence-corrected chi connectivity index (χ2v) is 9.13. The standard InChI is InChI=1S/C17H28N4O2S2/c1-15(2,11(22)18-20(5)13(24)16(3)7-8-16)12(23)19-21(6)14(25)17(4)9-10-17/h7-10H2,1-6H3,(H,18,22)(H,19,23). The predicted molar refractivity (Wildman–Crippen MR) is 105 cm³/mol. The number of carbonyl (C=O) groups is 2. The molecule has 2 fully saturated rings. The van der Waals surface area contributed by atoms with Crippen LogP contribution in [0.1, 0.15) is 53.4 Å². The number of hydrogen-bond acceptors (Lipinski definition) is 4. The number of carbonyl (C=O) groups excluding carboxylic acids is 2. The van der Waals surface area contributed by atoms with Crippen LogP contribution in [0.25, 0.3) is 0 Å². The Bertz CT molecular complexity index is 572. The maximum absolute atomic E-state index is 12.6. The lowest BCUT2D eigenvalue weighted by Crippen LogP contribution is -2.57. The molecule has 0 spiro atoms. The van der Waals surface area contributed by atoms with Gasteiger partial charge in [0.05, 0.1) is 0 Å². The smallest absolute Gasteiger partial charge is 0.253 e. The van der Waals surface area contributed by atoms with Gasteiger partial charge in [0.25, 0.3) is 11.8 Å². The van der Waals surface area contributed by atoms with Crippen molar-refractivity contribution in [2.75, 3.05) is 14.1 Å². The normalized spacial score (nSPS) is 19.4. The Morgan fingerprint density at radius 3 is 1.36 bits per heavy atom. The van der Waals surface area contributed by atoms with Crippen molar-refractivity contribution in [2.45, 2.75) is 53.4 Å². The van der Waals surface area contributed by atoms with Crippen molar-refractivity contribution in [3.63, 3.8) is 0 Å². The van der Waals surface area contributed by atoms with E-state index < -0.39 is 17.2 Å².